The van der Waals surface area contributed by atoms with E-state index >= 15 is 0 Å². The maximum atomic E-state index is 7.00. The molecule has 0 atom stereocenters. The summed E-state index contributed by atoms with van der Waals surface area (Å²) >= 11 is 0. The fourth-order valence-corrected chi connectivity index (χ4v) is 0.211. The number of nitrogens with one attached hydrogen (secondary N) is 1. The fraction of sp³-hybridized carbons (Fsp3) is 0.667. The molecule has 9 heavy (non-hydrogen) atoms. The van der Waals surface area contributed by atoms with Gasteiger partial charge in [-0.1, -0.05) is 12.1 Å². The van der Waals surface area contributed by atoms with E-state index in [1.54, 1.807) is 0 Å². The Kier molecular flexibility index (Phi) is 3.67. The Morgan fingerprint density at radius 1 is 1.56 bits per heavy atom. The number of oxime groups is 1. The average Bonchev–Trinajstić information content (AvgIpc) is 1.83. The highest BCUT2D eigenvalue weighted by Gasteiger charge is 1.88. The summed E-state index contributed by atoms with van der Waals surface area (Å²) in [6.45, 7) is 5.49. The van der Waals surface area contributed by atoms with Gasteiger partial charge in [0.25, 0.3) is 0 Å². The van der Waals surface area contributed by atoms with Crippen molar-refractivity contribution >= 4 is 11.6 Å². The summed E-state index contributed by atoms with van der Waals surface area (Å²) in [5.41, 5.74) is 0.827. The molecule has 0 amide bonds. The molecule has 0 spiro atoms. The van der Waals surface area contributed by atoms with Crippen molar-refractivity contribution in [2.24, 2.45) is 5.16 Å². The van der Waals surface area contributed by atoms with Crippen LogP contribution in [0.3, 0.4) is 0 Å². The van der Waals surface area contributed by atoms with Crippen LogP contribution in [0.4, 0.5) is 0 Å². The van der Waals surface area contributed by atoms with E-state index in [9.17, 15) is 0 Å². The van der Waals surface area contributed by atoms with Crippen molar-refractivity contribution < 1.29 is 4.84 Å². The summed E-state index contributed by atoms with van der Waals surface area (Å²) < 4.78 is 0. The van der Waals surface area contributed by atoms with Crippen molar-refractivity contribution in [1.82, 2.24) is 0 Å². The molecule has 0 aromatic carbocycles. The van der Waals surface area contributed by atoms with E-state index in [0.29, 0.717) is 6.42 Å². The first-order valence-corrected chi connectivity index (χ1v) is 2.92. The smallest absolute Gasteiger partial charge is 0.217 e. The molecule has 0 heterocycles. The first-order chi connectivity index (χ1) is 4.16. The predicted octanol–water partition coefficient (Wildman–Crippen LogP) is 1.79. The van der Waals surface area contributed by atoms with Crippen molar-refractivity contribution in [3.8, 4) is 0 Å². The van der Waals surface area contributed by atoms with Gasteiger partial charge < -0.3 is 4.84 Å². The molecule has 0 aromatic heterocycles. The van der Waals surface area contributed by atoms with Crippen LogP contribution in [0.15, 0.2) is 5.16 Å². The Morgan fingerprint density at radius 3 is 2.44 bits per heavy atom. The van der Waals surface area contributed by atoms with Gasteiger partial charge in [-0.3, -0.25) is 5.41 Å². The molecule has 0 bridgehead atoms. The van der Waals surface area contributed by atoms with Crippen molar-refractivity contribution in [2.75, 3.05) is 0 Å². The van der Waals surface area contributed by atoms with Gasteiger partial charge in [-0.15, -0.1) is 0 Å². The highest BCUT2D eigenvalue weighted by atomic mass is 16.6. The van der Waals surface area contributed by atoms with Crippen LogP contribution < -0.4 is 0 Å². The molecule has 0 aliphatic heterocycles. The van der Waals surface area contributed by atoms with Crippen LogP contribution in [-0.2, 0) is 4.84 Å². The maximum Gasteiger partial charge on any atom is 0.217 e. The van der Waals surface area contributed by atoms with Crippen LogP contribution in [0.25, 0.3) is 0 Å². The lowest BCUT2D eigenvalue weighted by Crippen LogP contribution is -1.96. The topological polar surface area (TPSA) is 45.4 Å². The van der Waals surface area contributed by atoms with Gasteiger partial charge in [0.2, 0.25) is 5.90 Å². The molecule has 0 radical (unpaired) electrons. The maximum absolute atomic E-state index is 7.00. The van der Waals surface area contributed by atoms with Crippen LogP contribution in [0, 0.1) is 5.41 Å². The van der Waals surface area contributed by atoms with E-state index in [1.807, 2.05) is 20.8 Å². The third kappa shape index (κ3) is 5.00. The predicted molar refractivity (Wildman–Crippen MR) is 37.9 cm³/mol. The van der Waals surface area contributed by atoms with Gasteiger partial charge in [-0.2, -0.15) is 0 Å². The lowest BCUT2D eigenvalue weighted by molar-refractivity contribution is 0.315. The minimum absolute atomic E-state index is 0.205. The van der Waals surface area contributed by atoms with Crippen LogP contribution >= 0.6 is 0 Å². The van der Waals surface area contributed by atoms with Gasteiger partial charge in [0.15, 0.2) is 0 Å². The first-order valence-electron chi connectivity index (χ1n) is 2.92. The molecule has 0 aromatic rings. The molecule has 0 aliphatic rings. The van der Waals surface area contributed by atoms with E-state index in [4.69, 9.17) is 5.41 Å². The molecule has 1 N–H and O–H groups in total. The second-order valence-corrected chi connectivity index (χ2v) is 1.91. The van der Waals surface area contributed by atoms with Crippen molar-refractivity contribution in [3.63, 3.8) is 0 Å². The molecule has 52 valence electrons. The largest absolute Gasteiger partial charge is 0.342 e. The Balaban J connectivity index is 3.50. The lowest BCUT2D eigenvalue weighted by Gasteiger charge is -1.94. The summed E-state index contributed by atoms with van der Waals surface area (Å²) in [6.07, 6.45) is 0.594. The van der Waals surface area contributed by atoms with Gasteiger partial charge in [0.1, 0.15) is 0 Å². The van der Waals surface area contributed by atoms with Gasteiger partial charge in [0, 0.05) is 6.42 Å². The fourth-order valence-electron chi connectivity index (χ4n) is 0.211. The van der Waals surface area contributed by atoms with Gasteiger partial charge in [-0.05, 0) is 13.8 Å². The normalized spacial score (nSPS) is 8.33. The molecule has 3 nitrogen and oxygen atoms in total. The van der Waals surface area contributed by atoms with E-state index in [-0.39, 0.29) is 5.90 Å². The van der Waals surface area contributed by atoms with Gasteiger partial charge in [-0.25, -0.2) is 0 Å². The zero-order chi connectivity index (χ0) is 7.28. The summed E-state index contributed by atoms with van der Waals surface area (Å²) in [7, 11) is 0. The molecular weight excluding hydrogens is 116 g/mol. The molecule has 0 saturated heterocycles. The van der Waals surface area contributed by atoms with E-state index in [0.717, 1.165) is 5.71 Å². The molecule has 3 heteroatoms. The summed E-state index contributed by atoms with van der Waals surface area (Å²) in [5.74, 6) is 0.205. The van der Waals surface area contributed by atoms with Crippen molar-refractivity contribution in [3.05, 3.63) is 0 Å². The minimum atomic E-state index is 0.205. The van der Waals surface area contributed by atoms with E-state index in [2.05, 4.69) is 9.99 Å². The standard InChI is InChI=1S/C6H12N2O/c1-4-6(7)9-8-5(2)3/h7H,4H2,1-3H3. The quantitative estimate of drug-likeness (QED) is 0.344. The molecule has 0 aliphatic carbocycles. The van der Waals surface area contributed by atoms with Crippen LogP contribution in [0.5, 0.6) is 0 Å². The third-order valence-electron chi connectivity index (χ3n) is 0.660. The number of hydrogen-bond acceptors (Lipinski definition) is 3. The Morgan fingerprint density at radius 2 is 2.11 bits per heavy atom. The number of rotatable bonds is 2. The molecule has 0 rings (SSSR count). The SMILES string of the molecule is CCC(=N)ON=C(C)C. The minimum Gasteiger partial charge on any atom is -0.342 e. The molecule has 0 fully saturated rings. The summed E-state index contributed by atoms with van der Waals surface area (Å²) in [5, 5.41) is 10.6. The molecule has 0 unspecified atom stereocenters. The second-order valence-electron chi connectivity index (χ2n) is 1.91. The molecule has 0 saturated carbocycles. The number of nitrogens with zero attached hydrogens (tertiary/aromatic N) is 1. The van der Waals surface area contributed by atoms with Crippen LogP contribution in [0.1, 0.15) is 27.2 Å². The third-order valence-corrected chi connectivity index (χ3v) is 0.660. The number of hydrogen-bond donors (Lipinski definition) is 1. The summed E-state index contributed by atoms with van der Waals surface area (Å²) in [6, 6.07) is 0. The van der Waals surface area contributed by atoms with Gasteiger partial charge >= 0.3 is 0 Å². The second kappa shape index (κ2) is 4.06. The zero-order valence-corrected chi connectivity index (χ0v) is 6.06. The highest BCUT2D eigenvalue weighted by Crippen LogP contribution is 1.86. The van der Waals surface area contributed by atoms with Crippen molar-refractivity contribution in [2.45, 2.75) is 27.2 Å². The zero-order valence-electron chi connectivity index (χ0n) is 6.06. The van der Waals surface area contributed by atoms with Crippen LogP contribution in [-0.4, -0.2) is 11.6 Å². The Labute approximate surface area is 55.2 Å². The summed E-state index contributed by atoms with van der Waals surface area (Å²) in [4.78, 5) is 4.62. The van der Waals surface area contributed by atoms with Crippen molar-refractivity contribution in [1.29, 1.82) is 5.41 Å². The lowest BCUT2D eigenvalue weighted by atomic mass is 10.5. The average molecular weight is 128 g/mol. The van der Waals surface area contributed by atoms with Crippen LogP contribution in [0.2, 0.25) is 0 Å². The Hall–Kier alpha value is -0.860. The van der Waals surface area contributed by atoms with Gasteiger partial charge in [0.05, 0.1) is 5.71 Å². The Bertz CT molecular complexity index is 125. The monoisotopic (exact) mass is 128 g/mol. The van der Waals surface area contributed by atoms with E-state index < -0.39 is 0 Å². The first kappa shape index (κ1) is 8.14. The van der Waals surface area contributed by atoms with E-state index in [1.165, 1.54) is 0 Å². The highest BCUT2D eigenvalue weighted by molar-refractivity contribution is 5.80. The molecular formula is C6H12N2O.